The zero-order valence-electron chi connectivity index (χ0n) is 12.2. The van der Waals surface area contributed by atoms with E-state index < -0.39 is 0 Å². The van der Waals surface area contributed by atoms with Crippen LogP contribution in [0.15, 0.2) is 30.3 Å². The molecule has 120 valence electrons. The normalized spacial score (nSPS) is 26.1. The summed E-state index contributed by atoms with van der Waals surface area (Å²) in [6, 6.07) is 10.5. The minimum absolute atomic E-state index is 0. The molecule has 4 heterocycles. The van der Waals surface area contributed by atoms with Crippen LogP contribution < -0.4 is 5.32 Å². The molecule has 0 radical (unpaired) electrons. The van der Waals surface area contributed by atoms with Crippen molar-refractivity contribution in [1.29, 1.82) is 0 Å². The minimum Gasteiger partial charge on any atom is -0.412 e. The van der Waals surface area contributed by atoms with E-state index in [0.717, 1.165) is 16.8 Å². The van der Waals surface area contributed by atoms with Crippen LogP contribution in [0.25, 0.3) is 10.1 Å². The van der Waals surface area contributed by atoms with Crippen LogP contribution in [0.3, 0.4) is 0 Å². The van der Waals surface area contributed by atoms with E-state index in [1.54, 1.807) is 11.3 Å². The van der Waals surface area contributed by atoms with E-state index in [1.165, 1.54) is 30.6 Å². The Kier molecular flexibility index (Phi) is 5.45. The van der Waals surface area contributed by atoms with E-state index in [4.69, 9.17) is 0 Å². The fourth-order valence-corrected chi connectivity index (χ4v) is 4.43. The number of rotatable bonds is 2. The van der Waals surface area contributed by atoms with Gasteiger partial charge in [0, 0.05) is 17.3 Å². The molecule has 0 aliphatic carbocycles. The SMILES string of the molecule is Cl.O.O=C(NC1CN2CCC1CC2)c1cc2ccccc2s1. The molecule has 3 aliphatic rings. The smallest absolute Gasteiger partial charge is 0.261 e. The van der Waals surface area contributed by atoms with E-state index in [1.807, 2.05) is 18.2 Å². The predicted octanol–water partition coefficient (Wildman–Crippen LogP) is 2.32. The van der Waals surface area contributed by atoms with E-state index in [0.29, 0.717) is 12.0 Å². The Bertz CT molecular complexity index is 619. The van der Waals surface area contributed by atoms with Crippen LogP contribution in [0.1, 0.15) is 22.5 Å². The molecule has 4 nitrogen and oxygen atoms in total. The molecule has 22 heavy (non-hydrogen) atoms. The van der Waals surface area contributed by atoms with Crippen LogP contribution in [-0.2, 0) is 0 Å². The number of thiophene rings is 1. The first-order chi connectivity index (χ1) is 9.79. The second-order valence-electron chi connectivity index (χ2n) is 5.87. The van der Waals surface area contributed by atoms with E-state index in [-0.39, 0.29) is 23.8 Å². The van der Waals surface area contributed by atoms with Crippen LogP contribution in [0, 0.1) is 5.92 Å². The molecule has 0 saturated carbocycles. The first-order valence-corrected chi connectivity index (χ1v) is 8.13. The third-order valence-corrected chi connectivity index (χ3v) is 5.74. The maximum absolute atomic E-state index is 12.4. The summed E-state index contributed by atoms with van der Waals surface area (Å²) in [7, 11) is 0. The molecule has 1 unspecified atom stereocenters. The van der Waals surface area contributed by atoms with Gasteiger partial charge in [0.25, 0.3) is 5.91 Å². The summed E-state index contributed by atoms with van der Waals surface area (Å²) < 4.78 is 1.19. The van der Waals surface area contributed by atoms with E-state index in [9.17, 15) is 4.79 Å². The lowest BCUT2D eigenvalue weighted by molar-refractivity contribution is 0.0622. The van der Waals surface area contributed by atoms with Crippen LogP contribution in [0.2, 0.25) is 0 Å². The third-order valence-electron chi connectivity index (χ3n) is 4.62. The third kappa shape index (κ3) is 3.13. The summed E-state index contributed by atoms with van der Waals surface area (Å²) in [6.45, 7) is 3.45. The molecule has 5 rings (SSSR count). The van der Waals surface area contributed by atoms with Crippen molar-refractivity contribution in [2.24, 2.45) is 5.92 Å². The largest absolute Gasteiger partial charge is 0.412 e. The quantitative estimate of drug-likeness (QED) is 0.911. The fraction of sp³-hybridized carbons (Fsp3) is 0.438. The maximum Gasteiger partial charge on any atom is 0.261 e. The first-order valence-electron chi connectivity index (χ1n) is 7.31. The van der Waals surface area contributed by atoms with Crippen LogP contribution in [0.5, 0.6) is 0 Å². The molecule has 2 bridgehead atoms. The van der Waals surface area contributed by atoms with Crippen molar-refractivity contribution in [2.75, 3.05) is 19.6 Å². The van der Waals surface area contributed by atoms with Crippen molar-refractivity contribution in [1.82, 2.24) is 10.2 Å². The predicted molar refractivity (Wildman–Crippen MR) is 93.1 cm³/mol. The number of hydrogen-bond acceptors (Lipinski definition) is 3. The first kappa shape index (κ1) is 17.2. The van der Waals surface area contributed by atoms with Crippen LogP contribution in [-0.4, -0.2) is 42.0 Å². The van der Waals surface area contributed by atoms with Crippen molar-refractivity contribution in [3.63, 3.8) is 0 Å². The Labute approximate surface area is 140 Å². The molecular formula is C16H21ClN2O2S. The van der Waals surface area contributed by atoms with Gasteiger partial charge in [0.15, 0.2) is 0 Å². The Morgan fingerprint density at radius 1 is 1.23 bits per heavy atom. The number of carbonyl (C=O) groups excluding carboxylic acids is 1. The van der Waals surface area contributed by atoms with Gasteiger partial charge in [0.1, 0.15) is 0 Å². The van der Waals surface area contributed by atoms with Gasteiger partial charge >= 0.3 is 0 Å². The van der Waals surface area contributed by atoms with Gasteiger partial charge in [-0.05, 0) is 49.4 Å². The summed E-state index contributed by atoms with van der Waals surface area (Å²) >= 11 is 1.59. The Hall–Kier alpha value is -1.14. The number of carbonyl (C=O) groups is 1. The highest BCUT2D eigenvalue weighted by Crippen LogP contribution is 2.29. The summed E-state index contributed by atoms with van der Waals surface area (Å²) in [5.41, 5.74) is 0. The Morgan fingerprint density at radius 2 is 1.95 bits per heavy atom. The van der Waals surface area contributed by atoms with Crippen LogP contribution >= 0.6 is 23.7 Å². The summed E-state index contributed by atoms with van der Waals surface area (Å²) in [4.78, 5) is 15.7. The Morgan fingerprint density at radius 3 is 2.59 bits per heavy atom. The number of nitrogens with zero attached hydrogens (tertiary/aromatic N) is 1. The highest BCUT2D eigenvalue weighted by molar-refractivity contribution is 7.20. The molecule has 1 atom stereocenters. The number of amides is 1. The number of hydrogen-bond donors (Lipinski definition) is 1. The zero-order chi connectivity index (χ0) is 13.5. The molecule has 3 N–H and O–H groups in total. The van der Waals surface area contributed by atoms with Gasteiger partial charge < -0.3 is 15.7 Å². The lowest BCUT2D eigenvalue weighted by atomic mass is 9.84. The summed E-state index contributed by atoms with van der Waals surface area (Å²) in [6.07, 6.45) is 2.47. The monoisotopic (exact) mass is 340 g/mol. The molecule has 3 aliphatic heterocycles. The van der Waals surface area contributed by atoms with Crippen LogP contribution in [0.4, 0.5) is 0 Å². The summed E-state index contributed by atoms with van der Waals surface area (Å²) in [5, 5.41) is 4.42. The van der Waals surface area contributed by atoms with Crippen molar-refractivity contribution in [3.05, 3.63) is 35.2 Å². The fourth-order valence-electron chi connectivity index (χ4n) is 3.46. The topological polar surface area (TPSA) is 63.8 Å². The Balaban J connectivity index is 0.000000882. The van der Waals surface area contributed by atoms with Gasteiger partial charge in [0.2, 0.25) is 0 Å². The highest BCUT2D eigenvalue weighted by atomic mass is 35.5. The average Bonchev–Trinajstić information content (AvgIpc) is 2.92. The molecular weight excluding hydrogens is 320 g/mol. The van der Waals surface area contributed by atoms with Gasteiger partial charge in [-0.25, -0.2) is 0 Å². The van der Waals surface area contributed by atoms with Gasteiger partial charge in [-0.2, -0.15) is 0 Å². The summed E-state index contributed by atoms with van der Waals surface area (Å²) in [5.74, 6) is 0.781. The molecule has 3 fully saturated rings. The molecule has 1 aromatic carbocycles. The lowest BCUT2D eigenvalue weighted by Crippen LogP contribution is -2.57. The lowest BCUT2D eigenvalue weighted by Gasteiger charge is -2.44. The van der Waals surface area contributed by atoms with Gasteiger partial charge in [-0.3, -0.25) is 4.79 Å². The van der Waals surface area contributed by atoms with Gasteiger partial charge in [0.05, 0.1) is 4.88 Å². The zero-order valence-corrected chi connectivity index (χ0v) is 13.9. The minimum atomic E-state index is 0. The molecule has 3 saturated heterocycles. The maximum atomic E-state index is 12.4. The van der Waals surface area contributed by atoms with E-state index >= 15 is 0 Å². The second-order valence-corrected chi connectivity index (χ2v) is 6.95. The molecule has 1 aromatic heterocycles. The number of nitrogens with one attached hydrogen (secondary N) is 1. The molecule has 2 aromatic rings. The van der Waals surface area contributed by atoms with Gasteiger partial charge in [-0.1, -0.05) is 18.2 Å². The van der Waals surface area contributed by atoms with Gasteiger partial charge in [-0.15, -0.1) is 23.7 Å². The average molecular weight is 341 g/mol. The molecule has 0 spiro atoms. The van der Waals surface area contributed by atoms with Crippen molar-refractivity contribution in [3.8, 4) is 0 Å². The highest BCUT2D eigenvalue weighted by Gasteiger charge is 2.35. The number of benzene rings is 1. The number of piperidine rings is 3. The van der Waals surface area contributed by atoms with E-state index in [2.05, 4.69) is 22.3 Å². The van der Waals surface area contributed by atoms with Crippen molar-refractivity contribution < 1.29 is 10.3 Å². The number of halogens is 1. The molecule has 6 heteroatoms. The van der Waals surface area contributed by atoms with Crippen molar-refractivity contribution in [2.45, 2.75) is 18.9 Å². The van der Waals surface area contributed by atoms with Crippen molar-refractivity contribution >= 4 is 39.7 Å². The molecule has 1 amide bonds. The number of fused-ring (bicyclic) bond motifs is 4. The second kappa shape index (κ2) is 6.96. The standard InChI is InChI=1S/C16H18N2OS.ClH.H2O/c19-16(15-9-12-3-1-2-4-14(12)20-15)17-13-10-18-7-5-11(13)6-8-18;;/h1-4,9,11,13H,5-8,10H2,(H,17,19);1H;1H2.